The van der Waals surface area contributed by atoms with E-state index in [0.29, 0.717) is 5.92 Å². The van der Waals surface area contributed by atoms with Gasteiger partial charge in [-0.25, -0.2) is 4.39 Å². The molecule has 0 radical (unpaired) electrons. The topological polar surface area (TPSA) is 0 Å². The van der Waals surface area contributed by atoms with Crippen LogP contribution in [0, 0.1) is 5.82 Å². The van der Waals surface area contributed by atoms with Crippen LogP contribution >= 0.6 is 0 Å². The van der Waals surface area contributed by atoms with Gasteiger partial charge in [0.1, 0.15) is 5.82 Å². The SMILES string of the molecule is CCCCCCCC(CC)c1ccc(F)cc1. The van der Waals surface area contributed by atoms with Crippen molar-refractivity contribution in [1.29, 1.82) is 0 Å². The molecule has 1 heteroatoms. The Hall–Kier alpha value is -0.850. The van der Waals surface area contributed by atoms with Crippen LogP contribution in [0.2, 0.25) is 0 Å². The molecule has 0 heterocycles. The summed E-state index contributed by atoms with van der Waals surface area (Å²) in [5.74, 6) is 0.476. The Morgan fingerprint density at radius 1 is 0.941 bits per heavy atom. The molecule has 0 aliphatic rings. The van der Waals surface area contributed by atoms with E-state index in [1.807, 2.05) is 12.1 Å². The first-order valence-electron chi connectivity index (χ1n) is 7.03. The van der Waals surface area contributed by atoms with E-state index in [1.54, 1.807) is 12.1 Å². The van der Waals surface area contributed by atoms with Gasteiger partial charge in [-0.3, -0.25) is 0 Å². The standard InChI is InChI=1S/C16H25F/c1-3-5-6-7-8-9-14(4-2)15-10-12-16(17)13-11-15/h10-14H,3-9H2,1-2H3. The van der Waals surface area contributed by atoms with Crippen LogP contribution in [0.4, 0.5) is 4.39 Å². The fraction of sp³-hybridized carbons (Fsp3) is 0.625. The van der Waals surface area contributed by atoms with Gasteiger partial charge in [-0.05, 0) is 36.5 Å². The average molecular weight is 236 g/mol. The van der Waals surface area contributed by atoms with Gasteiger partial charge in [0.2, 0.25) is 0 Å². The molecular weight excluding hydrogens is 211 g/mol. The number of rotatable bonds is 8. The van der Waals surface area contributed by atoms with E-state index in [4.69, 9.17) is 0 Å². The quantitative estimate of drug-likeness (QED) is 0.509. The number of hydrogen-bond donors (Lipinski definition) is 0. The molecule has 1 atom stereocenters. The highest BCUT2D eigenvalue weighted by Gasteiger charge is 2.08. The van der Waals surface area contributed by atoms with Gasteiger partial charge >= 0.3 is 0 Å². The lowest BCUT2D eigenvalue weighted by molar-refractivity contribution is 0.534. The molecule has 96 valence electrons. The lowest BCUT2D eigenvalue weighted by Crippen LogP contribution is -1.97. The third-order valence-corrected chi connectivity index (χ3v) is 3.49. The lowest BCUT2D eigenvalue weighted by atomic mass is 9.91. The molecule has 0 spiro atoms. The Kier molecular flexibility index (Phi) is 6.91. The molecule has 0 saturated carbocycles. The number of unbranched alkanes of at least 4 members (excludes halogenated alkanes) is 4. The summed E-state index contributed by atoms with van der Waals surface area (Å²) in [6.45, 7) is 4.47. The van der Waals surface area contributed by atoms with Crippen molar-refractivity contribution in [2.45, 2.75) is 64.7 Å². The van der Waals surface area contributed by atoms with Crippen LogP contribution in [0.3, 0.4) is 0 Å². The summed E-state index contributed by atoms with van der Waals surface area (Å²) in [5.41, 5.74) is 1.30. The van der Waals surface area contributed by atoms with Crippen molar-refractivity contribution in [2.24, 2.45) is 0 Å². The molecule has 0 bridgehead atoms. The molecule has 0 aliphatic heterocycles. The maximum atomic E-state index is 12.8. The third kappa shape index (κ3) is 5.34. The van der Waals surface area contributed by atoms with Gasteiger partial charge in [0.15, 0.2) is 0 Å². The fourth-order valence-corrected chi connectivity index (χ4v) is 2.34. The van der Waals surface area contributed by atoms with E-state index in [9.17, 15) is 4.39 Å². The minimum Gasteiger partial charge on any atom is -0.207 e. The van der Waals surface area contributed by atoms with Gasteiger partial charge in [0.25, 0.3) is 0 Å². The van der Waals surface area contributed by atoms with Gasteiger partial charge < -0.3 is 0 Å². The van der Waals surface area contributed by atoms with E-state index in [-0.39, 0.29) is 5.82 Å². The van der Waals surface area contributed by atoms with Crippen molar-refractivity contribution in [2.75, 3.05) is 0 Å². The predicted octanol–water partition coefficient (Wildman–Crippen LogP) is 5.68. The van der Waals surface area contributed by atoms with Crippen LogP contribution in [0.15, 0.2) is 24.3 Å². The van der Waals surface area contributed by atoms with Crippen LogP contribution in [-0.4, -0.2) is 0 Å². The van der Waals surface area contributed by atoms with Crippen molar-refractivity contribution >= 4 is 0 Å². The second-order valence-corrected chi connectivity index (χ2v) is 4.86. The monoisotopic (exact) mass is 236 g/mol. The van der Waals surface area contributed by atoms with Crippen LogP contribution in [0.1, 0.15) is 70.3 Å². The predicted molar refractivity (Wildman–Crippen MR) is 72.8 cm³/mol. The molecule has 1 rings (SSSR count). The molecule has 0 saturated heterocycles. The van der Waals surface area contributed by atoms with Gasteiger partial charge in [0, 0.05) is 0 Å². The Bertz CT molecular complexity index is 289. The number of hydrogen-bond acceptors (Lipinski definition) is 0. The average Bonchev–Trinajstić information content (AvgIpc) is 2.35. The summed E-state index contributed by atoms with van der Waals surface area (Å²) in [4.78, 5) is 0. The summed E-state index contributed by atoms with van der Waals surface area (Å²) in [5, 5.41) is 0. The largest absolute Gasteiger partial charge is 0.207 e. The van der Waals surface area contributed by atoms with Gasteiger partial charge in [-0.15, -0.1) is 0 Å². The Morgan fingerprint density at radius 3 is 2.18 bits per heavy atom. The van der Waals surface area contributed by atoms with Crippen LogP contribution < -0.4 is 0 Å². The number of benzene rings is 1. The molecule has 0 amide bonds. The van der Waals surface area contributed by atoms with Crippen molar-refractivity contribution in [3.8, 4) is 0 Å². The molecule has 1 unspecified atom stereocenters. The van der Waals surface area contributed by atoms with Crippen molar-refractivity contribution in [3.05, 3.63) is 35.6 Å². The van der Waals surface area contributed by atoms with E-state index < -0.39 is 0 Å². The Labute approximate surface area is 105 Å². The Balaban J connectivity index is 2.35. The summed E-state index contributed by atoms with van der Waals surface area (Å²) in [6, 6.07) is 7.04. The molecular formula is C16H25F. The second-order valence-electron chi connectivity index (χ2n) is 4.86. The summed E-state index contributed by atoms with van der Waals surface area (Å²) >= 11 is 0. The molecule has 0 fully saturated rings. The fourth-order valence-electron chi connectivity index (χ4n) is 2.34. The van der Waals surface area contributed by atoms with E-state index in [0.717, 1.165) is 6.42 Å². The lowest BCUT2D eigenvalue weighted by Gasteiger charge is -2.15. The van der Waals surface area contributed by atoms with Gasteiger partial charge in [-0.1, -0.05) is 58.1 Å². The van der Waals surface area contributed by atoms with E-state index in [1.165, 1.54) is 44.1 Å². The number of halogens is 1. The third-order valence-electron chi connectivity index (χ3n) is 3.49. The minimum atomic E-state index is -0.133. The highest BCUT2D eigenvalue weighted by Crippen LogP contribution is 2.26. The molecule has 1 aromatic rings. The summed E-state index contributed by atoms with van der Waals surface area (Å²) in [6.07, 6.45) is 9.05. The van der Waals surface area contributed by atoms with Crippen LogP contribution in [-0.2, 0) is 0 Å². The normalized spacial score (nSPS) is 12.6. The van der Waals surface area contributed by atoms with Gasteiger partial charge in [-0.2, -0.15) is 0 Å². The minimum absolute atomic E-state index is 0.133. The van der Waals surface area contributed by atoms with Crippen molar-refractivity contribution in [3.63, 3.8) is 0 Å². The zero-order chi connectivity index (χ0) is 12.5. The van der Waals surface area contributed by atoms with E-state index in [2.05, 4.69) is 13.8 Å². The first-order chi connectivity index (χ1) is 8.27. The first-order valence-corrected chi connectivity index (χ1v) is 7.03. The van der Waals surface area contributed by atoms with E-state index >= 15 is 0 Å². The molecule has 0 N–H and O–H groups in total. The highest BCUT2D eigenvalue weighted by atomic mass is 19.1. The van der Waals surface area contributed by atoms with Crippen molar-refractivity contribution < 1.29 is 4.39 Å². The highest BCUT2D eigenvalue weighted by molar-refractivity contribution is 5.20. The molecule has 0 aromatic heterocycles. The van der Waals surface area contributed by atoms with Crippen LogP contribution in [0.5, 0.6) is 0 Å². The van der Waals surface area contributed by atoms with Crippen molar-refractivity contribution in [1.82, 2.24) is 0 Å². The summed E-state index contributed by atoms with van der Waals surface area (Å²) in [7, 11) is 0. The maximum absolute atomic E-state index is 12.8. The molecule has 1 aromatic carbocycles. The smallest absolute Gasteiger partial charge is 0.123 e. The van der Waals surface area contributed by atoms with Crippen LogP contribution in [0.25, 0.3) is 0 Å². The Morgan fingerprint density at radius 2 is 1.59 bits per heavy atom. The zero-order valence-corrected chi connectivity index (χ0v) is 11.2. The zero-order valence-electron chi connectivity index (χ0n) is 11.2. The summed E-state index contributed by atoms with van der Waals surface area (Å²) < 4.78 is 12.8. The maximum Gasteiger partial charge on any atom is 0.123 e. The first kappa shape index (κ1) is 14.2. The molecule has 0 nitrogen and oxygen atoms in total. The van der Waals surface area contributed by atoms with Gasteiger partial charge in [0.05, 0.1) is 0 Å². The second kappa shape index (κ2) is 8.27. The molecule has 0 aliphatic carbocycles. The molecule has 17 heavy (non-hydrogen) atoms.